The minimum atomic E-state index is -0.617. The molecule has 0 spiro atoms. The fraction of sp³-hybridized carbons (Fsp3) is 0.571. The van der Waals surface area contributed by atoms with Crippen molar-refractivity contribution in [3.63, 3.8) is 0 Å². The van der Waals surface area contributed by atoms with Crippen LogP contribution in [-0.2, 0) is 20.9 Å². The molecule has 1 aliphatic carbocycles. The summed E-state index contributed by atoms with van der Waals surface area (Å²) in [5.74, 6) is -1.10. The van der Waals surface area contributed by atoms with Gasteiger partial charge in [0.2, 0.25) is 0 Å². The third kappa shape index (κ3) is 3.39. The van der Waals surface area contributed by atoms with Crippen LogP contribution in [0.4, 0.5) is 4.79 Å². The highest BCUT2D eigenvalue weighted by Gasteiger charge is 2.40. The summed E-state index contributed by atoms with van der Waals surface area (Å²) in [4.78, 5) is 38.8. The van der Waals surface area contributed by atoms with Gasteiger partial charge in [-0.3, -0.25) is 19.8 Å². The summed E-state index contributed by atoms with van der Waals surface area (Å²) < 4.78 is 7.92. The third-order valence-electron chi connectivity index (χ3n) is 6.15. The topological polar surface area (TPSA) is 80.6 Å². The van der Waals surface area contributed by atoms with Gasteiger partial charge in [-0.2, -0.15) is 0 Å². The second-order valence-corrected chi connectivity index (χ2v) is 8.00. The van der Waals surface area contributed by atoms with Gasteiger partial charge in [0.05, 0.1) is 6.10 Å². The third-order valence-corrected chi connectivity index (χ3v) is 6.15. The molecule has 3 fully saturated rings. The smallest absolute Gasteiger partial charge is 0.331 e. The molecule has 1 unspecified atom stereocenters. The van der Waals surface area contributed by atoms with Crippen LogP contribution in [0.25, 0.3) is 6.08 Å². The summed E-state index contributed by atoms with van der Waals surface area (Å²) in [7, 11) is 0. The van der Waals surface area contributed by atoms with E-state index in [-0.39, 0.29) is 17.7 Å². The second kappa shape index (κ2) is 7.54. The molecular formula is C21H27N3O4. The summed E-state index contributed by atoms with van der Waals surface area (Å²) in [6.45, 7) is 5.58. The number of carbonyl (C=O) groups is 3. The molecule has 3 heterocycles. The van der Waals surface area contributed by atoms with Crippen LogP contribution in [0.1, 0.15) is 55.5 Å². The lowest BCUT2D eigenvalue weighted by molar-refractivity contribution is -0.131. The lowest BCUT2D eigenvalue weighted by Crippen LogP contribution is -2.57. The van der Waals surface area contributed by atoms with Gasteiger partial charge >= 0.3 is 6.03 Å². The van der Waals surface area contributed by atoms with Crippen LogP contribution in [-0.4, -0.2) is 46.1 Å². The van der Waals surface area contributed by atoms with E-state index >= 15 is 0 Å². The predicted molar refractivity (Wildman–Crippen MR) is 103 cm³/mol. The number of rotatable bonds is 4. The fourth-order valence-electron chi connectivity index (χ4n) is 4.57. The minimum absolute atomic E-state index is 0.0314. The molecule has 1 saturated carbocycles. The Hall–Kier alpha value is -2.41. The minimum Gasteiger partial charge on any atom is -0.376 e. The van der Waals surface area contributed by atoms with Crippen molar-refractivity contribution in [1.82, 2.24) is 14.8 Å². The van der Waals surface area contributed by atoms with Crippen LogP contribution in [0.3, 0.4) is 0 Å². The normalized spacial score (nSPS) is 25.2. The second-order valence-electron chi connectivity index (χ2n) is 8.00. The molecule has 1 N–H and O–H groups in total. The average Bonchev–Trinajstić information content (AvgIpc) is 3.39. The van der Waals surface area contributed by atoms with E-state index < -0.39 is 17.8 Å². The first-order chi connectivity index (χ1) is 13.5. The number of ether oxygens (including phenoxy) is 1. The van der Waals surface area contributed by atoms with Crippen molar-refractivity contribution in [3.8, 4) is 0 Å². The molecule has 4 rings (SSSR count). The Morgan fingerprint density at radius 2 is 1.89 bits per heavy atom. The highest BCUT2D eigenvalue weighted by Crippen LogP contribution is 2.28. The first-order valence-corrected chi connectivity index (χ1v) is 10.1. The van der Waals surface area contributed by atoms with Crippen molar-refractivity contribution in [3.05, 3.63) is 28.6 Å². The highest BCUT2D eigenvalue weighted by atomic mass is 16.5. The Bertz CT molecular complexity index is 842. The predicted octanol–water partition coefficient (Wildman–Crippen LogP) is 2.69. The molecule has 1 aromatic rings. The Balaban J connectivity index is 1.62. The Morgan fingerprint density at radius 1 is 1.14 bits per heavy atom. The van der Waals surface area contributed by atoms with E-state index in [2.05, 4.69) is 9.88 Å². The maximum Gasteiger partial charge on any atom is 0.331 e. The molecular weight excluding hydrogens is 358 g/mol. The van der Waals surface area contributed by atoms with Crippen molar-refractivity contribution >= 4 is 23.9 Å². The van der Waals surface area contributed by atoms with Gasteiger partial charge in [0.15, 0.2) is 0 Å². The summed E-state index contributed by atoms with van der Waals surface area (Å²) in [5, 5.41) is 2.34. The lowest BCUT2D eigenvalue weighted by atomic mass is 10.1. The number of barbiturate groups is 1. The average molecular weight is 385 g/mol. The number of hydrogen-bond acceptors (Lipinski definition) is 4. The summed E-state index contributed by atoms with van der Waals surface area (Å²) in [6.07, 6.45) is 7.57. The molecule has 3 aliphatic rings. The molecule has 0 radical (unpaired) electrons. The molecule has 0 aromatic carbocycles. The molecule has 28 heavy (non-hydrogen) atoms. The van der Waals surface area contributed by atoms with Gasteiger partial charge in [0.25, 0.3) is 11.8 Å². The Labute approximate surface area is 164 Å². The van der Waals surface area contributed by atoms with Gasteiger partial charge in [-0.25, -0.2) is 4.79 Å². The van der Waals surface area contributed by atoms with Crippen LogP contribution < -0.4 is 5.32 Å². The monoisotopic (exact) mass is 385 g/mol. The zero-order valence-electron chi connectivity index (χ0n) is 16.5. The Morgan fingerprint density at radius 3 is 2.57 bits per heavy atom. The van der Waals surface area contributed by atoms with E-state index in [0.29, 0.717) is 0 Å². The van der Waals surface area contributed by atoms with Crippen molar-refractivity contribution in [2.75, 3.05) is 6.61 Å². The maximum absolute atomic E-state index is 13.0. The van der Waals surface area contributed by atoms with Gasteiger partial charge < -0.3 is 9.30 Å². The quantitative estimate of drug-likeness (QED) is 0.638. The lowest BCUT2D eigenvalue weighted by Gasteiger charge is -2.31. The van der Waals surface area contributed by atoms with E-state index in [4.69, 9.17) is 4.74 Å². The molecule has 0 bridgehead atoms. The van der Waals surface area contributed by atoms with Crippen molar-refractivity contribution in [2.24, 2.45) is 0 Å². The van der Waals surface area contributed by atoms with Crippen LogP contribution in [0.15, 0.2) is 11.6 Å². The van der Waals surface area contributed by atoms with Gasteiger partial charge in [-0.05, 0) is 57.2 Å². The molecule has 2 aliphatic heterocycles. The number of imide groups is 2. The maximum atomic E-state index is 13.0. The number of urea groups is 1. The van der Waals surface area contributed by atoms with Crippen molar-refractivity contribution in [1.29, 1.82) is 0 Å². The first kappa shape index (κ1) is 18.9. The zero-order chi connectivity index (χ0) is 19.8. The van der Waals surface area contributed by atoms with E-state index in [1.807, 2.05) is 19.9 Å². The van der Waals surface area contributed by atoms with E-state index in [1.54, 1.807) is 6.08 Å². The highest BCUT2D eigenvalue weighted by molar-refractivity contribution is 6.31. The number of aryl methyl sites for hydroxylation is 1. The van der Waals surface area contributed by atoms with Crippen LogP contribution >= 0.6 is 0 Å². The van der Waals surface area contributed by atoms with E-state index in [1.165, 1.54) is 4.90 Å². The summed E-state index contributed by atoms with van der Waals surface area (Å²) in [6, 6.07) is 1.27. The molecule has 1 aromatic heterocycles. The number of aromatic nitrogens is 1. The summed E-state index contributed by atoms with van der Waals surface area (Å²) in [5.41, 5.74) is 2.91. The fourth-order valence-corrected chi connectivity index (χ4v) is 4.57. The number of nitrogens with zero attached hydrogens (tertiary/aromatic N) is 2. The van der Waals surface area contributed by atoms with E-state index in [0.717, 1.165) is 68.6 Å². The van der Waals surface area contributed by atoms with Crippen LogP contribution in [0.2, 0.25) is 0 Å². The van der Waals surface area contributed by atoms with Crippen molar-refractivity contribution in [2.45, 2.75) is 71.1 Å². The van der Waals surface area contributed by atoms with Crippen LogP contribution in [0, 0.1) is 13.8 Å². The Kier molecular flexibility index (Phi) is 5.10. The van der Waals surface area contributed by atoms with Gasteiger partial charge in [0.1, 0.15) is 5.57 Å². The number of carbonyl (C=O) groups excluding carboxylic acids is 3. The molecule has 4 amide bonds. The molecule has 7 heteroatoms. The standard InChI is InChI=1S/C21H27N3O4/c1-13-10-15(14(2)23(13)12-17-8-5-9-28-17)11-18-19(25)22-21(27)24(20(18)26)16-6-3-4-7-16/h10-11,16-17H,3-9,12H2,1-2H3,(H,22,25,27). The van der Waals surface area contributed by atoms with Gasteiger partial charge in [0, 0.05) is 30.6 Å². The number of hydrogen-bond donors (Lipinski definition) is 1. The van der Waals surface area contributed by atoms with Gasteiger partial charge in [-0.1, -0.05) is 12.8 Å². The molecule has 7 nitrogen and oxygen atoms in total. The SMILES string of the molecule is Cc1cc(C=C2C(=O)NC(=O)N(C3CCCC3)C2=O)c(C)n1CC1CCCO1. The first-order valence-electron chi connectivity index (χ1n) is 10.1. The zero-order valence-corrected chi connectivity index (χ0v) is 16.5. The number of nitrogens with one attached hydrogen (secondary N) is 1. The molecule has 150 valence electrons. The van der Waals surface area contributed by atoms with E-state index in [9.17, 15) is 14.4 Å². The van der Waals surface area contributed by atoms with Crippen molar-refractivity contribution < 1.29 is 19.1 Å². The molecule has 2 saturated heterocycles. The molecule has 1 atom stereocenters. The number of amides is 4. The summed E-state index contributed by atoms with van der Waals surface area (Å²) >= 11 is 0. The van der Waals surface area contributed by atoms with Crippen LogP contribution in [0.5, 0.6) is 0 Å². The largest absolute Gasteiger partial charge is 0.376 e. The van der Waals surface area contributed by atoms with Gasteiger partial charge in [-0.15, -0.1) is 0 Å².